The van der Waals surface area contributed by atoms with E-state index in [2.05, 4.69) is 20.0 Å². The van der Waals surface area contributed by atoms with Crippen molar-refractivity contribution < 1.29 is 36.9 Å². The van der Waals surface area contributed by atoms with Crippen molar-refractivity contribution in [3.05, 3.63) is 47.3 Å². The van der Waals surface area contributed by atoms with Crippen LogP contribution in [0.15, 0.2) is 30.5 Å². The van der Waals surface area contributed by atoms with Crippen LogP contribution in [-0.2, 0) is 20.8 Å². The van der Waals surface area contributed by atoms with Crippen LogP contribution in [0.3, 0.4) is 0 Å². The monoisotopic (exact) mass is 483 g/mol. The highest BCUT2D eigenvalue weighted by Gasteiger charge is 2.27. The molecule has 0 bridgehead atoms. The molecule has 1 unspecified atom stereocenters. The van der Waals surface area contributed by atoms with E-state index in [1.54, 1.807) is 6.07 Å². The lowest BCUT2D eigenvalue weighted by Crippen LogP contribution is -2.21. The first-order valence-corrected chi connectivity index (χ1v) is 10.7. The highest BCUT2D eigenvalue weighted by atomic mass is 32.1. The second-order valence-electron chi connectivity index (χ2n) is 7.09. The third-order valence-electron chi connectivity index (χ3n) is 4.73. The Morgan fingerprint density at radius 3 is 2.88 bits per heavy atom. The maximum Gasteiger partial charge on any atom is 0.411 e. The summed E-state index contributed by atoms with van der Waals surface area (Å²) in [5.41, 5.74) is 1.89. The molecule has 12 heteroatoms. The molecule has 33 heavy (non-hydrogen) atoms. The molecule has 0 radical (unpaired) electrons. The number of alkyl halides is 3. The van der Waals surface area contributed by atoms with Crippen LogP contribution in [0.5, 0.6) is 5.75 Å². The lowest BCUT2D eigenvalue weighted by atomic mass is 10.1. The van der Waals surface area contributed by atoms with Crippen molar-refractivity contribution in [3.8, 4) is 5.75 Å². The number of ether oxygens (including phenoxy) is 4. The molecule has 1 fully saturated rings. The van der Waals surface area contributed by atoms with Gasteiger partial charge >= 0.3 is 6.18 Å². The predicted molar refractivity (Wildman–Crippen MR) is 114 cm³/mol. The number of carbonyl (C=O) groups excluding carboxylic acids is 1. The number of thiazole rings is 1. The first-order valence-electron chi connectivity index (χ1n) is 9.91. The molecule has 1 atom stereocenters. The molecule has 1 saturated heterocycles. The highest BCUT2D eigenvalue weighted by Crippen LogP contribution is 2.39. The summed E-state index contributed by atoms with van der Waals surface area (Å²) in [5, 5.41) is 3.07. The zero-order valence-corrected chi connectivity index (χ0v) is 18.3. The van der Waals surface area contributed by atoms with Gasteiger partial charge in [0.2, 0.25) is 0 Å². The molecule has 1 aliphatic heterocycles. The normalized spacial score (nSPS) is 16.7. The van der Waals surface area contributed by atoms with E-state index < -0.39 is 18.7 Å². The Morgan fingerprint density at radius 1 is 1.30 bits per heavy atom. The van der Waals surface area contributed by atoms with E-state index in [1.807, 2.05) is 6.07 Å². The summed E-state index contributed by atoms with van der Waals surface area (Å²) in [5.74, 6) is 0.0709. The van der Waals surface area contributed by atoms with Gasteiger partial charge < -0.3 is 18.9 Å². The van der Waals surface area contributed by atoms with Crippen LogP contribution >= 0.6 is 11.3 Å². The molecule has 176 valence electrons. The number of amides is 1. The zero-order valence-electron chi connectivity index (χ0n) is 17.5. The number of halogens is 3. The fourth-order valence-corrected chi connectivity index (χ4v) is 4.32. The van der Waals surface area contributed by atoms with Crippen molar-refractivity contribution in [1.82, 2.24) is 9.97 Å². The number of methoxy groups -OCH3 is 1. The lowest BCUT2D eigenvalue weighted by Gasteiger charge is -2.23. The predicted octanol–water partition coefficient (Wildman–Crippen LogP) is 4.12. The smallest absolute Gasteiger partial charge is 0.411 e. The van der Waals surface area contributed by atoms with Crippen LogP contribution in [0.1, 0.15) is 27.7 Å². The topological polar surface area (TPSA) is 91.8 Å². The molecule has 0 spiro atoms. The standard InChI is InChI=1S/C21H20F3N3O5S/c1-29-15-3-2-14(16-10-30-6-7-32-16)18-17(15)26-20(33-18)27-19(28)12-4-5-25-13(8-12)9-31-11-21(22,23)24/h2-5,8,16H,6-7,9-11H2,1H3,(H,26,27,28). The summed E-state index contributed by atoms with van der Waals surface area (Å²) in [6.45, 7) is -0.327. The Labute approximate surface area is 190 Å². The second-order valence-corrected chi connectivity index (χ2v) is 8.09. The summed E-state index contributed by atoms with van der Waals surface area (Å²) in [6.07, 6.45) is -3.35. The Bertz CT molecular complexity index is 1130. The third kappa shape index (κ3) is 5.77. The van der Waals surface area contributed by atoms with E-state index >= 15 is 0 Å². The number of hydrogen-bond donors (Lipinski definition) is 1. The number of nitrogens with zero attached hydrogens (tertiary/aromatic N) is 2. The maximum absolute atomic E-state index is 12.7. The average molecular weight is 483 g/mol. The van der Waals surface area contributed by atoms with E-state index in [0.29, 0.717) is 36.2 Å². The quantitative estimate of drug-likeness (QED) is 0.541. The van der Waals surface area contributed by atoms with Gasteiger partial charge in [0.1, 0.15) is 24.0 Å². The number of fused-ring (bicyclic) bond motifs is 1. The molecule has 4 rings (SSSR count). The number of hydrogen-bond acceptors (Lipinski definition) is 8. The Balaban J connectivity index is 1.53. The van der Waals surface area contributed by atoms with Crippen molar-refractivity contribution in [2.45, 2.75) is 18.9 Å². The van der Waals surface area contributed by atoms with E-state index in [9.17, 15) is 18.0 Å². The largest absolute Gasteiger partial charge is 0.494 e. The number of carbonyl (C=O) groups is 1. The summed E-state index contributed by atoms with van der Waals surface area (Å²) in [4.78, 5) is 21.2. The number of pyridine rings is 1. The summed E-state index contributed by atoms with van der Waals surface area (Å²) in [7, 11) is 1.53. The van der Waals surface area contributed by atoms with Gasteiger partial charge in [0.15, 0.2) is 5.13 Å². The van der Waals surface area contributed by atoms with Gasteiger partial charge in [0.25, 0.3) is 5.91 Å². The molecule has 1 N–H and O–H groups in total. The minimum Gasteiger partial charge on any atom is -0.494 e. The van der Waals surface area contributed by atoms with Gasteiger partial charge in [0, 0.05) is 17.3 Å². The van der Waals surface area contributed by atoms with Gasteiger partial charge in [0.05, 0.1) is 43.9 Å². The first kappa shape index (κ1) is 23.4. The lowest BCUT2D eigenvalue weighted by molar-refractivity contribution is -0.176. The van der Waals surface area contributed by atoms with Crippen LogP contribution in [0, 0.1) is 0 Å². The number of rotatable bonds is 7. The van der Waals surface area contributed by atoms with Gasteiger partial charge in [-0.25, -0.2) is 4.98 Å². The molecule has 2 aromatic heterocycles. The minimum atomic E-state index is -4.43. The average Bonchev–Trinajstić information content (AvgIpc) is 3.22. The Kier molecular flexibility index (Phi) is 7.08. The summed E-state index contributed by atoms with van der Waals surface area (Å²) in [6, 6.07) is 6.50. The number of benzene rings is 1. The molecule has 0 aliphatic carbocycles. The second kappa shape index (κ2) is 10.00. The van der Waals surface area contributed by atoms with Crippen LogP contribution in [0.4, 0.5) is 18.3 Å². The van der Waals surface area contributed by atoms with Crippen molar-refractivity contribution in [2.75, 3.05) is 38.9 Å². The SMILES string of the molecule is COc1ccc(C2COCCO2)c2sc(NC(=O)c3ccnc(COCC(F)(F)F)c3)nc12. The fourth-order valence-electron chi connectivity index (χ4n) is 3.28. The molecule has 1 amide bonds. The van der Waals surface area contributed by atoms with Gasteiger partial charge in [-0.2, -0.15) is 13.2 Å². The van der Waals surface area contributed by atoms with E-state index in [4.69, 9.17) is 14.2 Å². The Morgan fingerprint density at radius 2 is 2.15 bits per heavy atom. The van der Waals surface area contributed by atoms with E-state index in [0.717, 1.165) is 10.3 Å². The van der Waals surface area contributed by atoms with Crippen LogP contribution in [0.25, 0.3) is 10.2 Å². The Hall–Kier alpha value is -2.80. The number of anilines is 1. The van der Waals surface area contributed by atoms with E-state index in [1.165, 1.54) is 36.8 Å². The molecule has 8 nitrogen and oxygen atoms in total. The molecule has 1 aromatic carbocycles. The van der Waals surface area contributed by atoms with E-state index in [-0.39, 0.29) is 24.0 Å². The minimum absolute atomic E-state index is 0.203. The molecule has 1 aliphatic rings. The molecular weight excluding hydrogens is 463 g/mol. The number of nitrogens with one attached hydrogen (secondary N) is 1. The molecule has 3 aromatic rings. The maximum atomic E-state index is 12.7. The molecule has 0 saturated carbocycles. The summed E-state index contributed by atoms with van der Waals surface area (Å²) >= 11 is 1.27. The van der Waals surface area contributed by atoms with Crippen LogP contribution in [0.2, 0.25) is 0 Å². The van der Waals surface area contributed by atoms with Gasteiger partial charge in [-0.3, -0.25) is 15.1 Å². The van der Waals surface area contributed by atoms with Crippen molar-refractivity contribution in [1.29, 1.82) is 0 Å². The molecular formula is C21H20F3N3O5S. The highest BCUT2D eigenvalue weighted by molar-refractivity contribution is 7.22. The first-order chi connectivity index (χ1) is 15.8. The van der Waals surface area contributed by atoms with Crippen molar-refractivity contribution >= 4 is 32.6 Å². The third-order valence-corrected chi connectivity index (χ3v) is 5.75. The fraction of sp³-hybridized carbons (Fsp3) is 0.381. The van der Waals surface area contributed by atoms with Gasteiger partial charge in [-0.1, -0.05) is 17.4 Å². The number of aromatic nitrogens is 2. The van der Waals surface area contributed by atoms with Gasteiger partial charge in [-0.15, -0.1) is 0 Å². The molecule has 3 heterocycles. The zero-order chi connectivity index (χ0) is 23.4. The van der Waals surface area contributed by atoms with Crippen molar-refractivity contribution in [2.24, 2.45) is 0 Å². The van der Waals surface area contributed by atoms with Gasteiger partial charge in [-0.05, 0) is 18.2 Å². The summed E-state index contributed by atoms with van der Waals surface area (Å²) < 4.78 is 58.9. The van der Waals surface area contributed by atoms with Crippen LogP contribution < -0.4 is 10.1 Å². The van der Waals surface area contributed by atoms with Crippen molar-refractivity contribution in [3.63, 3.8) is 0 Å². The van der Waals surface area contributed by atoms with Crippen LogP contribution in [-0.4, -0.2) is 55.6 Å².